The second-order valence-electron chi connectivity index (χ2n) is 6.16. The zero-order valence-corrected chi connectivity index (χ0v) is 16.7. The van der Waals surface area contributed by atoms with Crippen LogP contribution in [-0.2, 0) is 14.8 Å². The number of hydrogen-bond donors (Lipinski definition) is 4. The van der Waals surface area contributed by atoms with Crippen molar-refractivity contribution >= 4 is 27.5 Å². The van der Waals surface area contributed by atoms with Gasteiger partial charge in [0.25, 0.3) is 5.91 Å². The lowest BCUT2D eigenvalue weighted by atomic mass is 10.2. The van der Waals surface area contributed by atoms with Crippen molar-refractivity contribution in [2.24, 2.45) is 5.73 Å². The molecule has 5 N–H and O–H groups in total. The van der Waals surface area contributed by atoms with Gasteiger partial charge < -0.3 is 20.9 Å². The lowest BCUT2D eigenvalue weighted by molar-refractivity contribution is -0.116. The van der Waals surface area contributed by atoms with E-state index >= 15 is 0 Å². The van der Waals surface area contributed by atoms with E-state index in [9.17, 15) is 18.0 Å². The number of benzene rings is 1. The van der Waals surface area contributed by atoms with Gasteiger partial charge in [0.15, 0.2) is 0 Å². The van der Waals surface area contributed by atoms with Gasteiger partial charge in [-0.05, 0) is 31.5 Å². The molecule has 2 amide bonds. The zero-order valence-electron chi connectivity index (χ0n) is 15.9. The van der Waals surface area contributed by atoms with Gasteiger partial charge in [-0.25, -0.2) is 13.1 Å². The number of sulfonamides is 1. The second-order valence-corrected chi connectivity index (χ2v) is 7.93. The van der Waals surface area contributed by atoms with E-state index in [4.69, 9.17) is 5.73 Å². The summed E-state index contributed by atoms with van der Waals surface area (Å²) in [5.74, 6) is -1.22. The van der Waals surface area contributed by atoms with Crippen LogP contribution in [0.4, 0.5) is 5.69 Å². The van der Waals surface area contributed by atoms with Crippen molar-refractivity contribution in [1.82, 2.24) is 15.0 Å². The van der Waals surface area contributed by atoms with Crippen LogP contribution in [0.5, 0.6) is 0 Å². The van der Waals surface area contributed by atoms with Crippen LogP contribution in [0.2, 0.25) is 0 Å². The lowest BCUT2D eigenvalue weighted by Gasteiger charge is -2.25. The monoisotopic (exact) mass is 407 g/mol. The van der Waals surface area contributed by atoms with E-state index in [2.05, 4.69) is 19.9 Å². The van der Waals surface area contributed by atoms with Gasteiger partial charge in [0.1, 0.15) is 10.6 Å². The number of anilines is 1. The highest BCUT2D eigenvalue weighted by Gasteiger charge is 2.19. The van der Waals surface area contributed by atoms with Gasteiger partial charge >= 0.3 is 0 Å². The molecule has 0 aliphatic rings. The van der Waals surface area contributed by atoms with Gasteiger partial charge in [-0.2, -0.15) is 0 Å². The van der Waals surface area contributed by atoms with E-state index in [0.717, 1.165) is 17.8 Å². The minimum atomic E-state index is -3.92. The number of H-pyrrole nitrogens is 1. The molecule has 0 bridgehead atoms. The van der Waals surface area contributed by atoms with Gasteiger partial charge in [0.05, 0.1) is 6.54 Å². The Morgan fingerprint density at radius 2 is 1.96 bits per heavy atom. The molecule has 1 aromatic heterocycles. The summed E-state index contributed by atoms with van der Waals surface area (Å²) in [6.07, 6.45) is 1.18. The van der Waals surface area contributed by atoms with Crippen molar-refractivity contribution < 1.29 is 18.0 Å². The maximum absolute atomic E-state index is 12.3. The van der Waals surface area contributed by atoms with Crippen LogP contribution in [0.15, 0.2) is 41.4 Å². The molecular weight excluding hydrogens is 382 g/mol. The number of aromatic amines is 1. The Morgan fingerprint density at radius 3 is 2.61 bits per heavy atom. The fourth-order valence-corrected chi connectivity index (χ4v) is 3.66. The molecule has 0 fully saturated rings. The van der Waals surface area contributed by atoms with Crippen molar-refractivity contribution in [2.75, 3.05) is 31.1 Å². The third-order valence-corrected chi connectivity index (χ3v) is 5.53. The molecule has 152 valence electrons. The summed E-state index contributed by atoms with van der Waals surface area (Å²) in [5.41, 5.74) is 7.30. The number of carbonyl (C=O) groups excluding carboxylic acids is 2. The normalized spacial score (nSPS) is 11.2. The van der Waals surface area contributed by atoms with Crippen LogP contribution < -0.4 is 20.7 Å². The van der Waals surface area contributed by atoms with Crippen LogP contribution in [-0.4, -0.2) is 51.4 Å². The van der Waals surface area contributed by atoms with Crippen LogP contribution in [0.3, 0.4) is 0 Å². The van der Waals surface area contributed by atoms with E-state index in [-0.39, 0.29) is 10.6 Å². The second kappa shape index (κ2) is 9.38. The smallest absolute Gasteiger partial charge is 0.267 e. The zero-order chi connectivity index (χ0) is 20.7. The molecule has 2 aromatic rings. The molecule has 0 aliphatic carbocycles. The molecule has 2 rings (SSSR count). The predicted molar refractivity (Wildman–Crippen MR) is 107 cm³/mol. The highest BCUT2D eigenvalue weighted by atomic mass is 32.2. The standard InChI is InChI=1S/C18H25N5O4S/c1-3-23(16-7-5-4-6-13(16)2)9-8-20-18(25)15-10-14(11-21-15)28(26,27)22-12-17(19)24/h4-7,10-11,21-22H,3,8-9,12H2,1-2H3,(H2,19,24)(H,20,25). The molecule has 0 spiro atoms. The molecule has 0 radical (unpaired) electrons. The third kappa shape index (κ3) is 5.57. The van der Waals surface area contributed by atoms with Gasteiger partial charge in [0.2, 0.25) is 15.9 Å². The largest absolute Gasteiger partial charge is 0.370 e. The first-order chi connectivity index (χ1) is 13.2. The van der Waals surface area contributed by atoms with Crippen molar-refractivity contribution in [3.05, 3.63) is 47.8 Å². The summed E-state index contributed by atoms with van der Waals surface area (Å²) < 4.78 is 26.1. The van der Waals surface area contributed by atoms with Gasteiger partial charge in [-0.3, -0.25) is 9.59 Å². The van der Waals surface area contributed by atoms with Crippen LogP contribution in [0.1, 0.15) is 23.0 Å². The first-order valence-corrected chi connectivity index (χ1v) is 10.3. The maximum atomic E-state index is 12.3. The molecule has 1 aromatic carbocycles. The average Bonchev–Trinajstić information content (AvgIpc) is 3.16. The molecule has 10 heteroatoms. The highest BCUT2D eigenvalue weighted by Crippen LogP contribution is 2.18. The number of rotatable bonds is 10. The Bertz CT molecular complexity index is 939. The Morgan fingerprint density at radius 1 is 1.25 bits per heavy atom. The topological polar surface area (TPSA) is 137 Å². The van der Waals surface area contributed by atoms with Crippen LogP contribution in [0.25, 0.3) is 0 Å². The van der Waals surface area contributed by atoms with E-state index in [1.54, 1.807) is 0 Å². The predicted octanol–water partition coefficient (Wildman–Crippen LogP) is 0.343. The molecule has 0 unspecified atom stereocenters. The molecule has 0 atom stereocenters. The molecule has 28 heavy (non-hydrogen) atoms. The number of aryl methyl sites for hydroxylation is 1. The first-order valence-electron chi connectivity index (χ1n) is 8.79. The number of para-hydroxylation sites is 1. The number of nitrogens with two attached hydrogens (primary N) is 1. The summed E-state index contributed by atoms with van der Waals surface area (Å²) in [5, 5.41) is 2.77. The Balaban J connectivity index is 1.94. The average molecular weight is 407 g/mol. The van der Waals surface area contributed by atoms with E-state index in [1.165, 1.54) is 12.3 Å². The quantitative estimate of drug-likeness (QED) is 0.450. The fourth-order valence-electron chi connectivity index (χ4n) is 2.68. The molecular formula is C18H25N5O4S. The number of primary amides is 1. The van der Waals surface area contributed by atoms with E-state index in [1.807, 2.05) is 38.1 Å². The van der Waals surface area contributed by atoms with Gasteiger partial charge in [-0.1, -0.05) is 18.2 Å². The minimum absolute atomic E-state index is 0.110. The third-order valence-electron chi connectivity index (χ3n) is 4.15. The van der Waals surface area contributed by atoms with Gasteiger partial charge in [0, 0.05) is 31.5 Å². The van der Waals surface area contributed by atoms with Crippen molar-refractivity contribution in [3.8, 4) is 0 Å². The fraction of sp³-hybridized carbons (Fsp3) is 0.333. The SMILES string of the molecule is CCN(CCNC(=O)c1cc(S(=O)(=O)NCC(N)=O)c[nH]1)c1ccccc1C. The number of aromatic nitrogens is 1. The number of likely N-dealkylation sites (N-methyl/N-ethyl adjacent to an activating group) is 1. The minimum Gasteiger partial charge on any atom is -0.370 e. The van der Waals surface area contributed by atoms with Gasteiger partial charge in [-0.15, -0.1) is 0 Å². The number of nitrogens with zero attached hydrogens (tertiary/aromatic N) is 1. The number of amides is 2. The highest BCUT2D eigenvalue weighted by molar-refractivity contribution is 7.89. The summed E-state index contributed by atoms with van der Waals surface area (Å²) in [4.78, 5) is 27.6. The van der Waals surface area contributed by atoms with E-state index < -0.39 is 28.4 Å². The Labute approximate surface area is 164 Å². The van der Waals surface area contributed by atoms with E-state index in [0.29, 0.717) is 13.1 Å². The molecule has 0 saturated carbocycles. The Hall–Kier alpha value is -2.85. The lowest BCUT2D eigenvalue weighted by Crippen LogP contribution is -2.35. The summed E-state index contributed by atoms with van der Waals surface area (Å²) in [6, 6.07) is 9.21. The number of carbonyl (C=O) groups is 2. The number of hydrogen-bond acceptors (Lipinski definition) is 5. The van der Waals surface area contributed by atoms with Crippen molar-refractivity contribution in [3.63, 3.8) is 0 Å². The molecule has 0 saturated heterocycles. The molecule has 9 nitrogen and oxygen atoms in total. The number of nitrogens with one attached hydrogen (secondary N) is 3. The molecule has 1 heterocycles. The molecule has 0 aliphatic heterocycles. The maximum Gasteiger partial charge on any atom is 0.267 e. The van der Waals surface area contributed by atoms with Crippen molar-refractivity contribution in [2.45, 2.75) is 18.7 Å². The van der Waals surface area contributed by atoms with Crippen molar-refractivity contribution in [1.29, 1.82) is 0 Å². The Kier molecular flexibility index (Phi) is 7.18. The van der Waals surface area contributed by atoms with Crippen LogP contribution >= 0.6 is 0 Å². The van der Waals surface area contributed by atoms with Crippen LogP contribution in [0, 0.1) is 6.92 Å². The summed E-state index contributed by atoms with van der Waals surface area (Å²) in [7, 11) is -3.92. The summed E-state index contributed by atoms with van der Waals surface area (Å²) >= 11 is 0. The summed E-state index contributed by atoms with van der Waals surface area (Å²) in [6.45, 7) is 5.35. The first kappa shape index (κ1) is 21.5.